The second kappa shape index (κ2) is 8.56. The summed E-state index contributed by atoms with van der Waals surface area (Å²) >= 11 is 0. The number of aromatic amines is 1. The lowest BCUT2D eigenvalue weighted by molar-refractivity contribution is -0.238. The summed E-state index contributed by atoms with van der Waals surface area (Å²) in [6, 6.07) is 5.04. The topological polar surface area (TPSA) is 128 Å². The number of hydrogen-bond acceptors (Lipinski definition) is 4. The molecule has 7 nitrogen and oxygen atoms in total. The number of carbonyl (C=O) groups excluding carboxylic acids is 1. The van der Waals surface area contributed by atoms with Crippen LogP contribution in [0.3, 0.4) is 0 Å². The van der Waals surface area contributed by atoms with Crippen molar-refractivity contribution in [3.8, 4) is 0 Å². The zero-order chi connectivity index (χ0) is 22.8. The monoisotopic (exact) mass is 437 g/mol. The van der Waals surface area contributed by atoms with Crippen molar-refractivity contribution in [2.45, 2.75) is 43.1 Å². The average molecular weight is 437 g/mol. The summed E-state index contributed by atoms with van der Waals surface area (Å²) in [7, 11) is 0. The molecule has 3 rings (SSSR count). The van der Waals surface area contributed by atoms with E-state index in [0.29, 0.717) is 6.08 Å². The number of carbonyl (C=O) groups is 2. The van der Waals surface area contributed by atoms with Crippen molar-refractivity contribution in [1.82, 2.24) is 10.3 Å². The quantitative estimate of drug-likeness (QED) is 0.454. The maximum Gasteiger partial charge on any atom is 0.421 e. The van der Waals surface area contributed by atoms with Gasteiger partial charge in [0.1, 0.15) is 6.04 Å². The number of amides is 1. The molecule has 1 unspecified atom stereocenters. The lowest BCUT2D eigenvalue weighted by Gasteiger charge is -2.29. The number of aromatic nitrogens is 1. The summed E-state index contributed by atoms with van der Waals surface area (Å²) in [5.74, 6) is -2.04. The van der Waals surface area contributed by atoms with Crippen molar-refractivity contribution in [2.75, 3.05) is 0 Å². The molecule has 1 aliphatic carbocycles. The van der Waals surface area contributed by atoms with Gasteiger partial charge in [0.15, 0.2) is 5.60 Å². The first-order valence-corrected chi connectivity index (χ1v) is 9.51. The van der Waals surface area contributed by atoms with Gasteiger partial charge in [-0.05, 0) is 29.7 Å². The molecule has 0 saturated carbocycles. The van der Waals surface area contributed by atoms with Crippen molar-refractivity contribution >= 4 is 22.8 Å². The summed E-state index contributed by atoms with van der Waals surface area (Å²) < 4.78 is 38.6. The van der Waals surface area contributed by atoms with E-state index in [2.05, 4.69) is 10.3 Å². The van der Waals surface area contributed by atoms with Gasteiger partial charge in [0.2, 0.25) is 5.91 Å². The average Bonchev–Trinajstić information content (AvgIpc) is 3.11. The Morgan fingerprint density at radius 3 is 2.58 bits per heavy atom. The summed E-state index contributed by atoms with van der Waals surface area (Å²) in [6.45, 7) is 0. The molecule has 0 aliphatic heterocycles. The molecule has 2 aromatic rings. The highest BCUT2D eigenvalue weighted by Crippen LogP contribution is 2.37. The lowest BCUT2D eigenvalue weighted by Crippen LogP contribution is -2.49. The van der Waals surface area contributed by atoms with Crippen LogP contribution < -0.4 is 11.1 Å². The maximum absolute atomic E-state index is 12.9. The number of alkyl halides is 3. The van der Waals surface area contributed by atoms with Crippen LogP contribution in [0.25, 0.3) is 10.9 Å². The standard InChI is InChI=1S/C21H22F3N3O4/c22-21(23,24)20(31)7-5-12(6-8-20)9-17(19(29)30)27-18(28)15(25)10-13-11-26-16-4-2-1-3-14(13)16/h1-7,11,15,17,26,31H,8-10,25H2,(H,27,28)(H,29,30)/t15-,17-,20?/m0/s1. The number of para-hydroxylation sites is 1. The Morgan fingerprint density at radius 2 is 1.97 bits per heavy atom. The highest BCUT2D eigenvalue weighted by Gasteiger charge is 2.51. The van der Waals surface area contributed by atoms with E-state index in [1.54, 1.807) is 6.20 Å². The molecule has 31 heavy (non-hydrogen) atoms. The molecule has 0 saturated heterocycles. The summed E-state index contributed by atoms with van der Waals surface area (Å²) in [5.41, 5.74) is 4.91. The number of hydrogen-bond donors (Lipinski definition) is 5. The molecule has 1 heterocycles. The summed E-state index contributed by atoms with van der Waals surface area (Å²) in [6.07, 6.45) is -1.21. The summed E-state index contributed by atoms with van der Waals surface area (Å²) in [5, 5.41) is 22.3. The molecule has 1 amide bonds. The third-order valence-corrected chi connectivity index (χ3v) is 5.25. The number of benzene rings is 1. The van der Waals surface area contributed by atoms with E-state index in [4.69, 9.17) is 5.73 Å². The van der Waals surface area contributed by atoms with Crippen molar-refractivity contribution in [3.05, 3.63) is 59.8 Å². The number of allylic oxidation sites excluding steroid dienone is 1. The van der Waals surface area contributed by atoms with Crippen LogP contribution in [-0.2, 0) is 16.0 Å². The molecule has 166 valence electrons. The number of fused-ring (bicyclic) bond motifs is 1. The van der Waals surface area contributed by atoms with E-state index >= 15 is 0 Å². The van der Waals surface area contributed by atoms with Crippen LogP contribution in [0.4, 0.5) is 13.2 Å². The van der Waals surface area contributed by atoms with Crippen molar-refractivity contribution in [2.24, 2.45) is 5.73 Å². The Morgan fingerprint density at radius 1 is 1.26 bits per heavy atom. The first-order chi connectivity index (χ1) is 14.5. The van der Waals surface area contributed by atoms with Gasteiger partial charge < -0.3 is 26.2 Å². The minimum Gasteiger partial charge on any atom is -0.480 e. The third-order valence-electron chi connectivity index (χ3n) is 5.25. The molecule has 0 radical (unpaired) electrons. The molecule has 0 fully saturated rings. The number of aliphatic hydroxyl groups is 1. The largest absolute Gasteiger partial charge is 0.480 e. The van der Waals surface area contributed by atoms with Crippen molar-refractivity contribution in [1.29, 1.82) is 0 Å². The molecular formula is C21H22F3N3O4. The van der Waals surface area contributed by atoms with E-state index in [1.807, 2.05) is 24.3 Å². The van der Waals surface area contributed by atoms with Gasteiger partial charge in [-0.3, -0.25) is 4.79 Å². The normalized spacial score (nSPS) is 20.9. The Kier molecular flexibility index (Phi) is 6.23. The fourth-order valence-electron chi connectivity index (χ4n) is 3.37. The van der Waals surface area contributed by atoms with Gasteiger partial charge in [-0.15, -0.1) is 0 Å². The van der Waals surface area contributed by atoms with Crippen LogP contribution in [-0.4, -0.2) is 50.9 Å². The number of rotatable bonds is 7. The molecule has 10 heteroatoms. The molecule has 1 aliphatic rings. The number of carboxylic acids is 1. The lowest BCUT2D eigenvalue weighted by atomic mass is 9.89. The minimum atomic E-state index is -4.85. The van der Waals surface area contributed by atoms with Crippen molar-refractivity contribution in [3.63, 3.8) is 0 Å². The van der Waals surface area contributed by atoms with Gasteiger partial charge >= 0.3 is 12.1 Å². The third kappa shape index (κ3) is 4.97. The first kappa shape index (κ1) is 22.6. The molecule has 3 atom stereocenters. The molecule has 1 aromatic carbocycles. The van der Waals surface area contributed by atoms with Gasteiger partial charge in [0.25, 0.3) is 0 Å². The van der Waals surface area contributed by atoms with Crippen LogP contribution in [0.2, 0.25) is 0 Å². The minimum absolute atomic E-state index is 0.170. The Bertz CT molecular complexity index is 1040. The predicted octanol–water partition coefficient (Wildman–Crippen LogP) is 2.18. The smallest absolute Gasteiger partial charge is 0.421 e. The second-order valence-electron chi connectivity index (χ2n) is 7.51. The van der Waals surface area contributed by atoms with Crippen LogP contribution >= 0.6 is 0 Å². The molecular weight excluding hydrogens is 415 g/mol. The van der Waals surface area contributed by atoms with E-state index in [-0.39, 0.29) is 18.4 Å². The number of nitrogens with two attached hydrogens (primary N) is 1. The fraction of sp³-hybridized carbons (Fsp3) is 0.333. The van der Waals surface area contributed by atoms with E-state index in [9.17, 15) is 33.0 Å². The molecule has 1 aromatic heterocycles. The highest BCUT2D eigenvalue weighted by atomic mass is 19.4. The van der Waals surface area contributed by atoms with E-state index in [1.165, 1.54) is 0 Å². The molecule has 6 N–H and O–H groups in total. The Balaban J connectivity index is 1.63. The number of carboxylic acid groups (broad SMARTS) is 1. The zero-order valence-corrected chi connectivity index (χ0v) is 16.3. The van der Waals surface area contributed by atoms with Crippen LogP contribution in [0, 0.1) is 0 Å². The van der Waals surface area contributed by atoms with Crippen LogP contribution in [0.15, 0.2) is 54.3 Å². The van der Waals surface area contributed by atoms with E-state index in [0.717, 1.165) is 28.6 Å². The zero-order valence-electron chi connectivity index (χ0n) is 16.3. The highest BCUT2D eigenvalue weighted by molar-refractivity contribution is 5.88. The summed E-state index contributed by atoms with van der Waals surface area (Å²) in [4.78, 5) is 27.1. The second-order valence-corrected chi connectivity index (χ2v) is 7.51. The Labute approximate surface area is 175 Å². The number of halogens is 3. The van der Waals surface area contributed by atoms with Crippen LogP contribution in [0.5, 0.6) is 0 Å². The van der Waals surface area contributed by atoms with E-state index < -0.39 is 42.2 Å². The predicted molar refractivity (Wildman–Crippen MR) is 107 cm³/mol. The number of aliphatic carboxylic acids is 1. The maximum atomic E-state index is 12.9. The van der Waals surface area contributed by atoms with Gasteiger partial charge in [-0.1, -0.05) is 30.4 Å². The number of H-pyrrole nitrogens is 1. The molecule has 0 spiro atoms. The van der Waals surface area contributed by atoms with Gasteiger partial charge in [-0.25, -0.2) is 4.79 Å². The van der Waals surface area contributed by atoms with Gasteiger partial charge in [0, 0.05) is 29.9 Å². The number of nitrogens with one attached hydrogen (secondary N) is 2. The first-order valence-electron chi connectivity index (χ1n) is 9.51. The van der Waals surface area contributed by atoms with Gasteiger partial charge in [-0.2, -0.15) is 13.2 Å². The fourth-order valence-corrected chi connectivity index (χ4v) is 3.37. The van der Waals surface area contributed by atoms with Gasteiger partial charge in [0.05, 0.1) is 6.04 Å². The van der Waals surface area contributed by atoms with Crippen molar-refractivity contribution < 1.29 is 33.0 Å². The Hall–Kier alpha value is -3.11. The molecule has 0 bridgehead atoms. The van der Waals surface area contributed by atoms with Crippen LogP contribution in [0.1, 0.15) is 18.4 Å². The SMILES string of the molecule is N[C@@H](Cc1c[nH]c2ccccc12)C(=O)N[C@@H](CC1=CCC(O)(C(F)(F)F)C=C1)C(=O)O.